The van der Waals surface area contributed by atoms with E-state index in [-0.39, 0.29) is 19.0 Å². The number of hydrogen-bond acceptors (Lipinski definition) is 3. The summed E-state index contributed by atoms with van der Waals surface area (Å²) in [7, 11) is 3.33. The van der Waals surface area contributed by atoms with Gasteiger partial charge in [-0.3, -0.25) is 4.68 Å². The zero-order valence-corrected chi connectivity index (χ0v) is 14.3. The maximum atomic E-state index is 13.8. The highest BCUT2D eigenvalue weighted by molar-refractivity contribution is 5.59. The first-order valence-corrected chi connectivity index (χ1v) is 7.52. The number of aromatic nitrogens is 2. The first kappa shape index (κ1) is 18.0. The Balaban J connectivity index is 0.00000112. The Labute approximate surface area is 133 Å². The third-order valence-corrected chi connectivity index (χ3v) is 2.99. The molecule has 1 aromatic heterocycles. The molecule has 1 N–H and O–H groups in total. The van der Waals surface area contributed by atoms with E-state index in [1.807, 2.05) is 33.2 Å². The van der Waals surface area contributed by atoms with Gasteiger partial charge in [-0.15, -0.1) is 0 Å². The lowest BCUT2D eigenvalue weighted by Gasteiger charge is -2.17. The molecule has 1 heterocycles. The third-order valence-electron chi connectivity index (χ3n) is 2.99. The molecule has 0 saturated heterocycles. The highest BCUT2D eigenvalue weighted by Gasteiger charge is 2.14. The molecule has 0 unspecified atom stereocenters. The molecular weight excluding hydrogens is 281 g/mol. The minimum absolute atomic E-state index is 0. The van der Waals surface area contributed by atoms with Crippen LogP contribution in [0.2, 0.25) is 0 Å². The van der Waals surface area contributed by atoms with Crippen molar-refractivity contribution in [3.63, 3.8) is 0 Å². The highest BCUT2D eigenvalue weighted by atomic mass is 19.1. The van der Waals surface area contributed by atoms with Crippen LogP contribution in [0, 0.1) is 12.7 Å². The lowest BCUT2D eigenvalue weighted by molar-refractivity contribution is 0.388. The first-order chi connectivity index (χ1) is 10.4. The van der Waals surface area contributed by atoms with Crippen LogP contribution in [0.5, 0.6) is 5.75 Å². The smallest absolute Gasteiger partial charge is 0.177 e. The van der Waals surface area contributed by atoms with Crippen molar-refractivity contribution in [3.8, 4) is 5.75 Å². The molecule has 0 aliphatic heterocycles. The molecule has 0 spiro atoms. The van der Waals surface area contributed by atoms with Crippen LogP contribution in [0.25, 0.3) is 0 Å². The minimum atomic E-state index is -0.358. The number of hydrogen-bond donors (Lipinski definition) is 1. The quantitative estimate of drug-likeness (QED) is 0.889. The Bertz CT molecular complexity index is 602. The summed E-state index contributed by atoms with van der Waals surface area (Å²) in [5.74, 6) is -0.121. The van der Waals surface area contributed by atoms with E-state index in [9.17, 15) is 4.39 Å². The number of ether oxygens (including phenoxy) is 1. The molecule has 1 atom stereocenters. The fraction of sp³-hybridized carbons (Fsp3) is 0.471. The summed E-state index contributed by atoms with van der Waals surface area (Å²) in [4.78, 5) is 0. The topological polar surface area (TPSA) is 39.1 Å². The number of nitrogens with zero attached hydrogens (tertiary/aromatic N) is 2. The SMILES string of the molecule is CCC.COc1c(F)cc(C)cc1N[C@@H](C)c1cnn(C)c1.[HH]. The number of aryl methyl sites for hydroxylation is 2. The number of nitrogens with one attached hydrogen (secondary N) is 1. The summed E-state index contributed by atoms with van der Waals surface area (Å²) >= 11 is 0. The van der Waals surface area contributed by atoms with Gasteiger partial charge in [0.1, 0.15) is 0 Å². The summed E-state index contributed by atoms with van der Waals surface area (Å²) in [5, 5.41) is 7.38. The van der Waals surface area contributed by atoms with Gasteiger partial charge in [-0.25, -0.2) is 4.39 Å². The zero-order valence-electron chi connectivity index (χ0n) is 14.3. The Morgan fingerprint density at radius 3 is 2.55 bits per heavy atom. The van der Waals surface area contributed by atoms with Crippen LogP contribution in [0.4, 0.5) is 10.1 Å². The molecule has 0 bridgehead atoms. The molecule has 0 aliphatic rings. The van der Waals surface area contributed by atoms with Crippen molar-refractivity contribution in [3.05, 3.63) is 41.5 Å². The van der Waals surface area contributed by atoms with E-state index in [4.69, 9.17) is 4.74 Å². The molecular formula is C17H28FN3O. The standard InChI is InChI=1S/C14H18FN3O.C3H8.H2/c1-9-5-12(15)14(19-4)13(6-9)17-10(2)11-7-16-18(3)8-11;1-3-2;/h5-8,10,17H,1-4H3;3H2,1-2H3;1H/t10-;;/m0../s1. The van der Waals surface area contributed by atoms with E-state index >= 15 is 0 Å². The molecule has 0 saturated carbocycles. The van der Waals surface area contributed by atoms with Crippen molar-refractivity contribution in [2.45, 2.75) is 40.2 Å². The van der Waals surface area contributed by atoms with Crippen molar-refractivity contribution in [1.29, 1.82) is 0 Å². The average Bonchev–Trinajstić information content (AvgIpc) is 2.86. The Morgan fingerprint density at radius 2 is 2.05 bits per heavy atom. The van der Waals surface area contributed by atoms with Crippen LogP contribution in [0.15, 0.2) is 24.5 Å². The number of benzene rings is 1. The molecule has 5 heteroatoms. The second-order valence-electron chi connectivity index (χ2n) is 5.35. The molecule has 0 fully saturated rings. The van der Waals surface area contributed by atoms with Gasteiger partial charge in [0.05, 0.1) is 25.0 Å². The van der Waals surface area contributed by atoms with Crippen molar-refractivity contribution < 1.29 is 10.6 Å². The molecule has 22 heavy (non-hydrogen) atoms. The van der Waals surface area contributed by atoms with Gasteiger partial charge in [0.25, 0.3) is 0 Å². The van der Waals surface area contributed by atoms with Crippen LogP contribution in [-0.2, 0) is 7.05 Å². The van der Waals surface area contributed by atoms with Gasteiger partial charge in [-0.2, -0.15) is 5.10 Å². The zero-order chi connectivity index (χ0) is 16.7. The van der Waals surface area contributed by atoms with Crippen LogP contribution >= 0.6 is 0 Å². The van der Waals surface area contributed by atoms with Gasteiger partial charge in [0.15, 0.2) is 11.6 Å². The number of anilines is 1. The first-order valence-electron chi connectivity index (χ1n) is 7.52. The summed E-state index contributed by atoms with van der Waals surface area (Å²) < 4.78 is 20.6. The van der Waals surface area contributed by atoms with Gasteiger partial charge in [0.2, 0.25) is 0 Å². The number of methoxy groups -OCH3 is 1. The maximum Gasteiger partial charge on any atom is 0.177 e. The van der Waals surface area contributed by atoms with Gasteiger partial charge in [-0.05, 0) is 31.5 Å². The van der Waals surface area contributed by atoms with Gasteiger partial charge < -0.3 is 10.1 Å². The number of rotatable bonds is 4. The molecule has 1 aromatic carbocycles. The predicted molar refractivity (Wildman–Crippen MR) is 91.0 cm³/mol. The van der Waals surface area contributed by atoms with Gasteiger partial charge in [0, 0.05) is 20.2 Å². The Hall–Kier alpha value is -2.04. The molecule has 124 valence electrons. The summed E-state index contributed by atoms with van der Waals surface area (Å²) in [6, 6.07) is 3.34. The van der Waals surface area contributed by atoms with Crippen molar-refractivity contribution in [2.24, 2.45) is 7.05 Å². The fourth-order valence-electron chi connectivity index (χ4n) is 2.02. The second-order valence-corrected chi connectivity index (χ2v) is 5.35. The van der Waals surface area contributed by atoms with Crippen LogP contribution in [0.3, 0.4) is 0 Å². The van der Waals surface area contributed by atoms with E-state index in [1.54, 1.807) is 10.9 Å². The molecule has 4 nitrogen and oxygen atoms in total. The van der Waals surface area contributed by atoms with Crippen LogP contribution in [0.1, 0.15) is 45.8 Å². The van der Waals surface area contributed by atoms with Crippen molar-refractivity contribution >= 4 is 5.69 Å². The second kappa shape index (κ2) is 8.41. The van der Waals surface area contributed by atoms with Gasteiger partial charge >= 0.3 is 0 Å². The normalized spacial score (nSPS) is 11.4. The Kier molecular flexibility index (Phi) is 6.89. The van der Waals surface area contributed by atoms with E-state index in [1.165, 1.54) is 19.6 Å². The van der Waals surface area contributed by atoms with Crippen molar-refractivity contribution in [2.75, 3.05) is 12.4 Å². The van der Waals surface area contributed by atoms with Crippen LogP contribution < -0.4 is 10.1 Å². The predicted octanol–water partition coefficient (Wildman–Crippen LogP) is 4.71. The average molecular weight is 309 g/mol. The van der Waals surface area contributed by atoms with E-state index in [0.717, 1.165) is 11.1 Å². The molecule has 0 aliphatic carbocycles. The molecule has 0 amide bonds. The van der Waals surface area contributed by atoms with E-state index in [2.05, 4.69) is 24.3 Å². The molecule has 2 aromatic rings. The third kappa shape index (κ3) is 4.76. The van der Waals surface area contributed by atoms with E-state index < -0.39 is 0 Å². The summed E-state index contributed by atoms with van der Waals surface area (Å²) in [6.45, 7) is 8.10. The monoisotopic (exact) mass is 309 g/mol. The minimum Gasteiger partial charge on any atom is -0.492 e. The summed E-state index contributed by atoms with van der Waals surface area (Å²) in [5.41, 5.74) is 2.53. The lowest BCUT2D eigenvalue weighted by Crippen LogP contribution is -2.08. The highest BCUT2D eigenvalue weighted by Crippen LogP contribution is 2.31. The van der Waals surface area contributed by atoms with Gasteiger partial charge in [-0.1, -0.05) is 20.3 Å². The van der Waals surface area contributed by atoms with Crippen LogP contribution in [-0.4, -0.2) is 16.9 Å². The maximum absolute atomic E-state index is 13.8. The lowest BCUT2D eigenvalue weighted by atomic mass is 10.1. The number of halogens is 1. The summed E-state index contributed by atoms with van der Waals surface area (Å²) in [6.07, 6.45) is 4.96. The fourth-order valence-corrected chi connectivity index (χ4v) is 2.02. The molecule has 2 rings (SSSR count). The molecule has 0 radical (unpaired) electrons. The largest absolute Gasteiger partial charge is 0.492 e. The van der Waals surface area contributed by atoms with Crippen molar-refractivity contribution in [1.82, 2.24) is 9.78 Å². The Morgan fingerprint density at radius 1 is 1.41 bits per heavy atom. The van der Waals surface area contributed by atoms with E-state index in [0.29, 0.717) is 5.69 Å².